The third-order valence-electron chi connectivity index (χ3n) is 20.3. The number of hydroxylamine groups is 6. The number of hydrogen-bond donors (Lipinski definition) is 3. The van der Waals surface area contributed by atoms with Crippen molar-refractivity contribution in [2.75, 3.05) is 376 Å². The van der Waals surface area contributed by atoms with E-state index in [1.165, 1.54) is 0 Å². The molecule has 149 heavy (non-hydrogen) atoms. The summed E-state index contributed by atoms with van der Waals surface area (Å²) in [6.07, 6.45) is 0.998. The van der Waals surface area contributed by atoms with Crippen molar-refractivity contribution in [3.05, 3.63) is 0 Å². The van der Waals surface area contributed by atoms with Gasteiger partial charge in [-0.05, 0) is 12.8 Å². The van der Waals surface area contributed by atoms with Crippen LogP contribution in [0.4, 0.5) is 0 Å². The van der Waals surface area contributed by atoms with Crippen LogP contribution in [0.15, 0.2) is 0 Å². The first-order valence-electron chi connectivity index (χ1n) is 50.3. The number of amides is 11. The molecule has 0 aliphatic carbocycles. The molecule has 0 spiro atoms. The van der Waals surface area contributed by atoms with Crippen LogP contribution in [0.25, 0.3) is 0 Å². The van der Waals surface area contributed by atoms with Gasteiger partial charge in [-0.25, -0.2) is 14.4 Å². The van der Waals surface area contributed by atoms with E-state index in [4.69, 9.17) is 142 Å². The average Bonchev–Trinajstić information content (AvgIpc) is 1.86. The van der Waals surface area contributed by atoms with Gasteiger partial charge in [-0.3, -0.25) is 67.2 Å². The molecule has 4 aliphatic rings. The standard InChI is InChI=1S/C94H157N7O46.K.H2P/c102-78(3-1-24-118-35-43-126-51-53-129-46-38-121-30-18-91(115)145-99-85(109)7-8-86(99)110)14-26-142-75-94(76-143-27-15-79(103)4-2-25-119-36-44-127-52-54-130-47-39-122-31-19-92(116)146-100-87(111)9-10-88(100)112,77-144-29-16-81(105)96-22-34-125-42-50-132-57-55-131-48-40-123-32-20-93(117)147-101-89(113)11-12-90(101)114)97-82(106)17-28-120-37-45-128-56-59-134-61-63-136-65-67-138-69-71-140-73-74-141-72-70-139-68-66-137-64-62-135-60-58-133-49-41-124-33-21-95-80(104)13-23-98-83(107)5-6-84(98)108;;/h1-77H2,(H,95,104)(H,96,105)(H,97,106);;1H2/q;+1;-1. The monoisotopic (exact) mass is 2190 g/mol. The number of carbonyl (C=O) groups excluding carboxylic acids is 16. The molecule has 852 valence electrons. The smallest absolute Gasteiger partial charge is 0.577 e. The first kappa shape index (κ1) is 139. The minimum absolute atomic E-state index is 0. The summed E-state index contributed by atoms with van der Waals surface area (Å²) in [5.74, 6) is -7.48. The fraction of sp³-hybridized carbons (Fsp3) is 0.830. The molecule has 4 rings (SSSR count). The number of likely N-dealkylation sites (tertiary alicyclic amines) is 1. The summed E-state index contributed by atoms with van der Waals surface area (Å²) in [4.78, 5) is 210. The molecule has 0 aromatic carbocycles. The van der Waals surface area contributed by atoms with Crippen LogP contribution in [0, 0.1) is 0 Å². The SMILES string of the molecule is O=C(CCCOCCOCCOCCOCCC(=O)ON1C(=O)CCC1=O)CCOCC(COCCC(=O)CCCOCCOCCOCCOCCC(=O)ON1C(=O)CCC1=O)(COCCC(=O)NCCOCCOCCOCCOCCC(=O)ON1C(=O)CCC1=O)NC(=O)CCOCCOCCOCCOCCOCCOCCOCCOCCOCCOCCOCCOCCNC(=O)CCN1C(=O)CCC1=O.[K+].[PH2-]. The third kappa shape index (κ3) is 78.5. The van der Waals surface area contributed by atoms with E-state index in [2.05, 4.69) is 16.0 Å². The van der Waals surface area contributed by atoms with Crippen LogP contribution in [0.5, 0.6) is 0 Å². The van der Waals surface area contributed by atoms with E-state index < -0.39 is 64.8 Å². The predicted molar refractivity (Wildman–Crippen MR) is 512 cm³/mol. The quantitative estimate of drug-likeness (QED) is 0.0224. The Bertz CT molecular complexity index is 3310. The number of carbonyl (C=O) groups is 16. The molecule has 4 saturated heterocycles. The van der Waals surface area contributed by atoms with Crippen LogP contribution in [-0.2, 0) is 219 Å². The van der Waals surface area contributed by atoms with Crippen molar-refractivity contribution in [3.8, 4) is 0 Å². The van der Waals surface area contributed by atoms with Gasteiger partial charge in [0.1, 0.15) is 17.1 Å². The summed E-state index contributed by atoms with van der Waals surface area (Å²) in [7, 11) is 0. The molecule has 0 aromatic heterocycles. The molecule has 4 aliphatic heterocycles. The number of hydrogen-bond acceptors (Lipinski definition) is 46. The van der Waals surface area contributed by atoms with Crippen molar-refractivity contribution in [1.82, 2.24) is 36.0 Å². The molecule has 0 aromatic rings. The normalized spacial score (nSPS) is 13.7. The van der Waals surface area contributed by atoms with Crippen molar-refractivity contribution >= 4 is 104 Å². The Kier molecular flexibility index (Phi) is 90.7. The molecule has 0 unspecified atom stereocenters. The van der Waals surface area contributed by atoms with Crippen molar-refractivity contribution < 1.29 is 271 Å². The second-order valence-electron chi connectivity index (χ2n) is 32.2. The molecule has 11 amide bonds. The van der Waals surface area contributed by atoms with Crippen LogP contribution in [-0.4, -0.2) is 496 Å². The van der Waals surface area contributed by atoms with Crippen molar-refractivity contribution in [2.24, 2.45) is 0 Å². The minimum Gasteiger partial charge on any atom is -0.577 e. The zero-order valence-electron chi connectivity index (χ0n) is 86.6. The second-order valence-corrected chi connectivity index (χ2v) is 32.2. The molecule has 55 heteroatoms. The number of nitrogens with zero attached hydrogens (tertiary/aromatic N) is 4. The summed E-state index contributed by atoms with van der Waals surface area (Å²) in [5.41, 5.74) is -1.42. The van der Waals surface area contributed by atoms with E-state index in [0.29, 0.717) is 167 Å². The minimum atomic E-state index is -1.42. The molecular formula is C94H159KN7O46P. The van der Waals surface area contributed by atoms with E-state index in [9.17, 15) is 76.7 Å². The van der Waals surface area contributed by atoms with Crippen molar-refractivity contribution in [3.63, 3.8) is 0 Å². The van der Waals surface area contributed by atoms with Gasteiger partial charge in [0.15, 0.2) is 0 Å². The molecule has 3 N–H and O–H groups in total. The van der Waals surface area contributed by atoms with Gasteiger partial charge >= 0.3 is 69.3 Å². The molecule has 0 saturated carbocycles. The number of ketones is 2. The summed E-state index contributed by atoms with van der Waals surface area (Å²) < 4.78 is 151. The van der Waals surface area contributed by atoms with Crippen LogP contribution >= 0.6 is 9.90 Å². The van der Waals surface area contributed by atoms with Gasteiger partial charge in [-0.2, -0.15) is 0 Å². The van der Waals surface area contributed by atoms with Crippen LogP contribution < -0.4 is 67.3 Å². The van der Waals surface area contributed by atoms with E-state index in [-0.39, 0.29) is 450 Å². The van der Waals surface area contributed by atoms with Crippen LogP contribution in [0.3, 0.4) is 0 Å². The van der Waals surface area contributed by atoms with Gasteiger partial charge in [0.25, 0.3) is 35.4 Å². The van der Waals surface area contributed by atoms with Gasteiger partial charge < -0.3 is 168 Å². The maximum atomic E-state index is 13.9. The fourth-order valence-electron chi connectivity index (χ4n) is 12.6. The van der Waals surface area contributed by atoms with Gasteiger partial charge in [-0.15, -0.1) is 15.2 Å². The number of nitrogens with one attached hydrogen (secondary N) is 3. The maximum absolute atomic E-state index is 13.9. The first-order valence-corrected chi connectivity index (χ1v) is 50.3. The molecule has 4 fully saturated rings. The largest absolute Gasteiger partial charge is 1.00 e. The Morgan fingerprint density at radius 1 is 0.208 bits per heavy atom. The summed E-state index contributed by atoms with van der Waals surface area (Å²) in [6.45, 7) is 13.0. The van der Waals surface area contributed by atoms with E-state index in [0.717, 1.165) is 4.90 Å². The zero-order valence-corrected chi connectivity index (χ0v) is 90.9. The zero-order chi connectivity index (χ0) is 106. The van der Waals surface area contributed by atoms with Gasteiger partial charge in [0.2, 0.25) is 29.5 Å². The van der Waals surface area contributed by atoms with Crippen LogP contribution in [0.1, 0.15) is 128 Å². The summed E-state index contributed by atoms with van der Waals surface area (Å²) in [5, 5.41) is 9.92. The Labute approximate surface area is 915 Å². The van der Waals surface area contributed by atoms with Gasteiger partial charge in [0, 0.05) is 129 Å². The van der Waals surface area contributed by atoms with E-state index in [1.54, 1.807) is 0 Å². The molecular weight excluding hydrogens is 2030 g/mol. The first-order chi connectivity index (χ1) is 71.7. The topological polar surface area (TPSA) is 599 Å². The molecule has 4 heterocycles. The fourth-order valence-corrected chi connectivity index (χ4v) is 12.6. The average molecular weight is 2190 g/mol. The van der Waals surface area contributed by atoms with Crippen molar-refractivity contribution in [2.45, 2.75) is 134 Å². The van der Waals surface area contributed by atoms with Crippen LogP contribution in [0.2, 0.25) is 0 Å². The Hall–Kier alpha value is -6.29. The molecule has 53 nitrogen and oxygen atoms in total. The Morgan fingerprint density at radius 3 is 0.644 bits per heavy atom. The van der Waals surface area contributed by atoms with Gasteiger partial charge in [0.05, 0.1) is 363 Å². The third-order valence-corrected chi connectivity index (χ3v) is 20.3. The molecule has 0 bridgehead atoms. The van der Waals surface area contributed by atoms with Crippen molar-refractivity contribution in [1.29, 1.82) is 0 Å². The van der Waals surface area contributed by atoms with E-state index in [1.807, 2.05) is 0 Å². The maximum Gasteiger partial charge on any atom is 1.00 e. The summed E-state index contributed by atoms with van der Waals surface area (Å²) >= 11 is 0. The molecule has 0 radical (unpaired) electrons. The number of rotatable bonds is 108. The number of ether oxygens (including phenoxy) is 27. The van der Waals surface area contributed by atoms with Gasteiger partial charge in [-0.1, -0.05) is 0 Å². The van der Waals surface area contributed by atoms with E-state index >= 15 is 0 Å². The number of imide groups is 4. The number of Topliss-reactive ketones (excluding diaryl/α,β-unsaturated/α-hetero) is 2. The Balaban J connectivity index is 0.0000375. The molecule has 0 atom stereocenters. The second kappa shape index (κ2) is 97.4. The Morgan fingerprint density at radius 2 is 0.396 bits per heavy atom. The predicted octanol–water partition coefficient (Wildman–Crippen LogP) is -4.36. The summed E-state index contributed by atoms with van der Waals surface area (Å²) in [6, 6.07) is 0.